The Morgan fingerprint density at radius 2 is 2.04 bits per heavy atom. The van der Waals surface area contributed by atoms with Crippen molar-refractivity contribution in [2.45, 2.75) is 18.9 Å². The first-order valence-corrected chi connectivity index (χ1v) is 9.04. The quantitative estimate of drug-likeness (QED) is 0.442. The summed E-state index contributed by atoms with van der Waals surface area (Å²) in [5.74, 6) is -0.586. The lowest BCUT2D eigenvalue weighted by Gasteiger charge is -2.36. The molecule has 2 N–H and O–H groups in total. The molecule has 142 valence electrons. The standard InChI is InChI=1S/C20H23N3O4/c24-19(16-6-7-20(25)18(13-16)23(26)27)8-10-22-11-9-21-14-17(22)12-15-4-2-1-3-5-15/h1-7,13,17,21,25H,8-12,14H2. The second kappa shape index (κ2) is 8.75. The van der Waals surface area contributed by atoms with Crippen molar-refractivity contribution in [3.8, 4) is 5.75 Å². The molecule has 1 saturated heterocycles. The molecule has 0 spiro atoms. The number of nitrogens with one attached hydrogen (secondary N) is 1. The fourth-order valence-electron chi connectivity index (χ4n) is 3.42. The number of hydrogen-bond donors (Lipinski definition) is 2. The number of Topliss-reactive ketones (excluding diaryl/α,β-unsaturated/α-hetero) is 1. The van der Waals surface area contributed by atoms with E-state index in [4.69, 9.17) is 0 Å². The number of nitro groups is 1. The first kappa shape index (κ1) is 19.0. The van der Waals surface area contributed by atoms with E-state index in [1.54, 1.807) is 0 Å². The molecule has 3 rings (SSSR count). The first-order valence-electron chi connectivity index (χ1n) is 9.04. The monoisotopic (exact) mass is 369 g/mol. The smallest absolute Gasteiger partial charge is 0.311 e. The van der Waals surface area contributed by atoms with Crippen LogP contribution in [0.3, 0.4) is 0 Å². The second-order valence-corrected chi connectivity index (χ2v) is 6.72. The molecule has 27 heavy (non-hydrogen) atoms. The van der Waals surface area contributed by atoms with Crippen LogP contribution in [0.5, 0.6) is 5.75 Å². The van der Waals surface area contributed by atoms with Gasteiger partial charge in [-0.15, -0.1) is 0 Å². The van der Waals surface area contributed by atoms with Gasteiger partial charge < -0.3 is 10.4 Å². The minimum Gasteiger partial charge on any atom is -0.502 e. The van der Waals surface area contributed by atoms with Crippen LogP contribution in [0.25, 0.3) is 0 Å². The fourth-order valence-corrected chi connectivity index (χ4v) is 3.42. The van der Waals surface area contributed by atoms with E-state index in [9.17, 15) is 20.0 Å². The third-order valence-electron chi connectivity index (χ3n) is 4.91. The molecule has 1 atom stereocenters. The largest absolute Gasteiger partial charge is 0.502 e. The number of rotatable bonds is 7. The average Bonchev–Trinajstić information content (AvgIpc) is 2.68. The van der Waals surface area contributed by atoms with E-state index in [-0.39, 0.29) is 17.8 Å². The lowest BCUT2D eigenvalue weighted by atomic mass is 10.0. The van der Waals surface area contributed by atoms with E-state index >= 15 is 0 Å². The van der Waals surface area contributed by atoms with Gasteiger partial charge in [-0.2, -0.15) is 0 Å². The maximum absolute atomic E-state index is 12.5. The van der Waals surface area contributed by atoms with Crippen molar-refractivity contribution in [1.29, 1.82) is 0 Å². The van der Waals surface area contributed by atoms with E-state index in [2.05, 4.69) is 22.3 Å². The van der Waals surface area contributed by atoms with Gasteiger partial charge in [0.15, 0.2) is 11.5 Å². The maximum Gasteiger partial charge on any atom is 0.311 e. The van der Waals surface area contributed by atoms with Crippen LogP contribution in [0.4, 0.5) is 5.69 Å². The number of piperazine rings is 1. The molecule has 1 aliphatic heterocycles. The average molecular weight is 369 g/mol. The molecule has 0 aromatic heterocycles. The number of phenols is 1. The number of phenolic OH excluding ortho intramolecular Hbond substituents is 1. The number of aromatic hydroxyl groups is 1. The molecule has 0 aliphatic carbocycles. The molecule has 1 heterocycles. The van der Waals surface area contributed by atoms with Crippen LogP contribution >= 0.6 is 0 Å². The van der Waals surface area contributed by atoms with Gasteiger partial charge in [0.25, 0.3) is 0 Å². The summed E-state index contributed by atoms with van der Waals surface area (Å²) in [6.45, 7) is 3.21. The van der Waals surface area contributed by atoms with E-state index in [0.717, 1.165) is 32.1 Å². The molecule has 0 radical (unpaired) electrons. The predicted octanol–water partition coefficient (Wildman–Crippen LogP) is 2.39. The molecule has 1 aliphatic rings. The zero-order chi connectivity index (χ0) is 19.2. The summed E-state index contributed by atoms with van der Waals surface area (Å²) in [6, 6.07) is 14.4. The number of carbonyl (C=O) groups is 1. The summed E-state index contributed by atoms with van der Waals surface area (Å²) < 4.78 is 0. The van der Waals surface area contributed by atoms with Crippen molar-refractivity contribution >= 4 is 11.5 Å². The van der Waals surface area contributed by atoms with E-state index in [0.29, 0.717) is 12.6 Å². The Bertz CT molecular complexity index is 810. The van der Waals surface area contributed by atoms with E-state index in [1.165, 1.54) is 17.7 Å². The molecule has 0 bridgehead atoms. The van der Waals surface area contributed by atoms with E-state index < -0.39 is 16.4 Å². The van der Waals surface area contributed by atoms with Crippen molar-refractivity contribution in [3.63, 3.8) is 0 Å². The van der Waals surface area contributed by atoms with Crippen LogP contribution < -0.4 is 5.32 Å². The summed E-state index contributed by atoms with van der Waals surface area (Å²) >= 11 is 0. The highest BCUT2D eigenvalue weighted by molar-refractivity contribution is 5.97. The van der Waals surface area contributed by atoms with Crippen LogP contribution in [-0.4, -0.2) is 52.9 Å². The van der Waals surface area contributed by atoms with Crippen LogP contribution in [-0.2, 0) is 6.42 Å². The molecule has 2 aromatic rings. The Balaban J connectivity index is 1.63. The summed E-state index contributed by atoms with van der Waals surface area (Å²) in [6.07, 6.45) is 1.19. The van der Waals surface area contributed by atoms with Crippen molar-refractivity contribution in [1.82, 2.24) is 10.2 Å². The molecular weight excluding hydrogens is 346 g/mol. The number of ketones is 1. The Morgan fingerprint density at radius 3 is 2.78 bits per heavy atom. The van der Waals surface area contributed by atoms with Gasteiger partial charge in [-0.3, -0.25) is 19.8 Å². The number of nitrogens with zero attached hydrogens (tertiary/aromatic N) is 2. The van der Waals surface area contributed by atoms with Crippen molar-refractivity contribution in [2.24, 2.45) is 0 Å². The van der Waals surface area contributed by atoms with Gasteiger partial charge in [-0.25, -0.2) is 0 Å². The van der Waals surface area contributed by atoms with Gasteiger partial charge in [-0.05, 0) is 24.1 Å². The van der Waals surface area contributed by atoms with Gasteiger partial charge in [-0.1, -0.05) is 30.3 Å². The van der Waals surface area contributed by atoms with Crippen molar-refractivity contribution in [2.75, 3.05) is 26.2 Å². The molecule has 1 fully saturated rings. The minimum absolute atomic E-state index is 0.157. The highest BCUT2D eigenvalue weighted by Crippen LogP contribution is 2.26. The molecule has 7 heteroatoms. The van der Waals surface area contributed by atoms with Crippen LogP contribution in [0.2, 0.25) is 0 Å². The van der Waals surface area contributed by atoms with Crippen LogP contribution in [0.15, 0.2) is 48.5 Å². The number of nitro benzene ring substituents is 1. The SMILES string of the molecule is O=C(CCN1CCNCC1Cc1ccccc1)c1ccc(O)c([N+](=O)[O-])c1. The number of benzene rings is 2. The fraction of sp³-hybridized carbons (Fsp3) is 0.350. The van der Waals surface area contributed by atoms with E-state index in [1.807, 2.05) is 18.2 Å². The third-order valence-corrected chi connectivity index (χ3v) is 4.91. The van der Waals surface area contributed by atoms with Crippen LogP contribution in [0.1, 0.15) is 22.3 Å². The number of hydrogen-bond acceptors (Lipinski definition) is 6. The van der Waals surface area contributed by atoms with Gasteiger partial charge >= 0.3 is 5.69 Å². The summed E-state index contributed by atoms with van der Waals surface area (Å²) in [7, 11) is 0. The normalized spacial score (nSPS) is 17.6. The second-order valence-electron chi connectivity index (χ2n) is 6.72. The molecule has 1 unspecified atom stereocenters. The van der Waals surface area contributed by atoms with Crippen molar-refractivity contribution in [3.05, 3.63) is 69.8 Å². The molecule has 7 nitrogen and oxygen atoms in total. The Labute approximate surface area is 157 Å². The predicted molar refractivity (Wildman–Crippen MR) is 102 cm³/mol. The molecular formula is C20H23N3O4. The summed E-state index contributed by atoms with van der Waals surface area (Å²) in [5.41, 5.74) is 1.08. The van der Waals surface area contributed by atoms with Gasteiger partial charge in [0.05, 0.1) is 4.92 Å². The summed E-state index contributed by atoms with van der Waals surface area (Å²) in [4.78, 5) is 25.0. The summed E-state index contributed by atoms with van der Waals surface area (Å²) in [5, 5.41) is 23.9. The highest BCUT2D eigenvalue weighted by atomic mass is 16.6. The van der Waals surface area contributed by atoms with Gasteiger partial charge in [0.1, 0.15) is 0 Å². The third kappa shape index (κ3) is 4.90. The van der Waals surface area contributed by atoms with Crippen molar-refractivity contribution < 1.29 is 14.8 Å². The Kier molecular flexibility index (Phi) is 6.16. The molecule has 0 amide bonds. The minimum atomic E-state index is -0.682. The maximum atomic E-state index is 12.5. The highest BCUT2D eigenvalue weighted by Gasteiger charge is 2.23. The lowest BCUT2D eigenvalue weighted by molar-refractivity contribution is -0.385. The molecule has 0 saturated carbocycles. The first-order chi connectivity index (χ1) is 13.0. The molecule has 2 aromatic carbocycles. The lowest BCUT2D eigenvalue weighted by Crippen LogP contribution is -2.52. The topological polar surface area (TPSA) is 95.7 Å². The zero-order valence-electron chi connectivity index (χ0n) is 15.0. The Hall–Kier alpha value is -2.77. The number of carbonyl (C=O) groups excluding carboxylic acids is 1. The Morgan fingerprint density at radius 1 is 1.26 bits per heavy atom. The van der Waals surface area contributed by atoms with Crippen LogP contribution in [0, 0.1) is 10.1 Å². The van der Waals surface area contributed by atoms with Gasteiger partial charge in [0, 0.05) is 50.3 Å². The van der Waals surface area contributed by atoms with Gasteiger partial charge in [0.2, 0.25) is 0 Å². The zero-order valence-corrected chi connectivity index (χ0v) is 15.0.